The van der Waals surface area contributed by atoms with Gasteiger partial charge in [0.15, 0.2) is 0 Å². The summed E-state index contributed by atoms with van der Waals surface area (Å²) in [6, 6.07) is 31.3. The third kappa shape index (κ3) is 6.98. The molecule has 9 fully saturated rings. The van der Waals surface area contributed by atoms with E-state index in [1.165, 1.54) is 137 Å². The summed E-state index contributed by atoms with van der Waals surface area (Å²) < 4.78 is 15.9. The maximum atomic E-state index is 15.9. The summed E-state index contributed by atoms with van der Waals surface area (Å²) in [7, 11) is -2.53. The van der Waals surface area contributed by atoms with Gasteiger partial charge >= 0.3 is 0 Å². The maximum absolute atomic E-state index is 15.9. The quantitative estimate of drug-likeness (QED) is 0.136. The average molecular weight is 942 g/mol. The number of hydrogen-bond donors (Lipinski definition) is 0. The maximum Gasteiger partial charge on any atom is 0.104 e. The Kier molecular flexibility index (Phi) is 10.9. The van der Waals surface area contributed by atoms with Crippen LogP contribution in [0.1, 0.15) is 146 Å². The van der Waals surface area contributed by atoms with Crippen LogP contribution in [0.2, 0.25) is 0 Å². The van der Waals surface area contributed by atoms with Gasteiger partial charge in [-0.15, -0.1) is 40.2 Å². The van der Waals surface area contributed by atoms with E-state index in [-0.39, 0.29) is 30.4 Å². The first-order valence-electron chi connectivity index (χ1n) is 22.7. The van der Waals surface area contributed by atoms with Crippen molar-refractivity contribution >= 4 is 23.3 Å². The first-order chi connectivity index (χ1) is 26.7. The molecule has 13 rings (SSSR count). The molecule has 0 unspecified atom stereocenters. The Balaban J connectivity index is 0.000000144. The molecule has 0 amide bonds. The van der Waals surface area contributed by atoms with Crippen molar-refractivity contribution in [2.24, 2.45) is 41.4 Å². The second-order valence-corrected chi connectivity index (χ2v) is 24.4. The molecule has 1 heterocycles. The van der Waals surface area contributed by atoms with E-state index in [2.05, 4.69) is 99.6 Å². The van der Waals surface area contributed by atoms with Gasteiger partial charge in [0.05, 0.1) is 5.52 Å². The molecule has 2 nitrogen and oxygen atoms in total. The molecule has 1 radical (unpaired) electrons. The first-order valence-corrected chi connectivity index (χ1v) is 24.4. The zero-order valence-electron chi connectivity index (χ0n) is 34.3. The predicted molar refractivity (Wildman–Crippen MR) is 229 cm³/mol. The van der Waals surface area contributed by atoms with Gasteiger partial charge in [0.2, 0.25) is 0 Å². The van der Waals surface area contributed by atoms with Crippen molar-refractivity contribution in [1.82, 2.24) is 4.98 Å². The van der Waals surface area contributed by atoms with E-state index >= 15 is 4.57 Å². The number of rotatable bonds is 7. The van der Waals surface area contributed by atoms with E-state index in [0.717, 1.165) is 58.7 Å². The van der Waals surface area contributed by atoms with Crippen molar-refractivity contribution in [3.05, 3.63) is 95.6 Å². The summed E-state index contributed by atoms with van der Waals surface area (Å²) >= 11 is 0. The van der Waals surface area contributed by atoms with Gasteiger partial charge in [-0.1, -0.05) is 64.3 Å². The topological polar surface area (TPSA) is 30.0 Å². The van der Waals surface area contributed by atoms with Crippen molar-refractivity contribution in [2.45, 2.75) is 153 Å². The van der Waals surface area contributed by atoms with Gasteiger partial charge in [-0.25, -0.2) is 0 Å². The minimum absolute atomic E-state index is 0. The van der Waals surface area contributed by atoms with Crippen LogP contribution in [-0.2, 0) is 31.1 Å². The molecule has 9 saturated carbocycles. The van der Waals surface area contributed by atoms with Gasteiger partial charge in [0, 0.05) is 35.8 Å². The number of nitrogens with zero attached hydrogens (tertiary/aromatic N) is 1. The molecule has 0 aliphatic heterocycles. The molecule has 0 N–H and O–H groups in total. The fraction of sp³-hybridized carbons (Fsp3) is 0.596. The summed E-state index contributed by atoms with van der Waals surface area (Å²) in [5.41, 5.74) is 7.40. The Bertz CT molecular complexity index is 1960. The van der Waals surface area contributed by atoms with Gasteiger partial charge in [-0.3, -0.25) is 4.98 Å². The molecule has 0 spiro atoms. The number of aromatic nitrogens is 1. The molecule has 3 aromatic carbocycles. The van der Waals surface area contributed by atoms with Crippen LogP contribution in [0.15, 0.2) is 66.7 Å². The van der Waals surface area contributed by atoms with Crippen molar-refractivity contribution in [3.8, 4) is 11.3 Å². The largest absolute Gasteiger partial charge is 0.320 e. The van der Waals surface area contributed by atoms with Crippen LogP contribution < -0.4 is 5.30 Å². The molecule has 299 valence electrons. The predicted octanol–water partition coefficient (Wildman–Crippen LogP) is 13.7. The van der Waals surface area contributed by atoms with Crippen LogP contribution in [0.5, 0.6) is 0 Å². The zero-order chi connectivity index (χ0) is 37.4. The molecule has 9 aliphatic carbocycles. The van der Waals surface area contributed by atoms with E-state index in [0.29, 0.717) is 11.8 Å². The summed E-state index contributed by atoms with van der Waals surface area (Å²) in [6.45, 7) is 6.71. The Morgan fingerprint density at radius 2 is 1.32 bits per heavy atom. The van der Waals surface area contributed by atoms with E-state index in [1.54, 1.807) is 0 Å². The number of fused-ring (bicyclic) bond motifs is 1. The monoisotopic (exact) mass is 942 g/mol. The second-order valence-electron chi connectivity index (χ2n) is 20.8. The number of benzene rings is 3. The van der Waals surface area contributed by atoms with Crippen LogP contribution in [0, 0.1) is 60.5 Å². The molecule has 0 saturated heterocycles. The Labute approximate surface area is 351 Å². The molecule has 1 aromatic heterocycles. The summed E-state index contributed by atoms with van der Waals surface area (Å²) in [5.74, 6) is 6.60. The molecule has 8 bridgehead atoms. The van der Waals surface area contributed by atoms with Gasteiger partial charge in [0.1, 0.15) is 7.14 Å². The fourth-order valence-electron chi connectivity index (χ4n) is 15.0. The van der Waals surface area contributed by atoms with Gasteiger partial charge in [-0.05, 0) is 161 Å². The molecule has 56 heavy (non-hydrogen) atoms. The van der Waals surface area contributed by atoms with Gasteiger partial charge in [0.25, 0.3) is 0 Å². The minimum atomic E-state index is -2.53. The molecule has 9 aliphatic rings. The van der Waals surface area contributed by atoms with E-state index in [9.17, 15) is 0 Å². The van der Waals surface area contributed by atoms with Crippen LogP contribution >= 0.6 is 7.14 Å². The van der Waals surface area contributed by atoms with Gasteiger partial charge in [-0.2, -0.15) is 30.3 Å². The summed E-state index contributed by atoms with van der Waals surface area (Å²) in [5, 5.41) is 2.71. The van der Waals surface area contributed by atoms with Gasteiger partial charge < -0.3 is 4.57 Å². The summed E-state index contributed by atoms with van der Waals surface area (Å²) in [6.07, 6.45) is 24.2. The Morgan fingerprint density at radius 3 is 1.86 bits per heavy atom. The average Bonchev–Trinajstić information content (AvgIpc) is 3.17. The third-order valence-corrected chi connectivity index (χ3v) is 20.9. The molecule has 4 heteroatoms. The van der Waals surface area contributed by atoms with Crippen LogP contribution in [-0.4, -0.2) is 15.3 Å². The number of hydrogen-bond acceptors (Lipinski definition) is 2. The van der Waals surface area contributed by atoms with E-state index in [1.807, 2.05) is 0 Å². The standard InChI is InChI=1S/C26H30N.C26H34OP.Ir/c1-18(2)14-21-10-7-11-26-24(21)12-13-25(27-26)23-16-19(3)15-22(17-23)20-8-5-4-6-9-20;27-28(24-4-2-1-3-5-24,25-12-18-6-19(13-25)8-20(7-18)14-25)26-15-21-9-22(16-26)11-23(10-21)17-26;/h7,10-13,15,17-18,20H,4-6,8-9,14H2,1-3H3;1-4,18-23H,6-17H2;/q2*-1;. The Hall–Kier alpha value is -2.05. The normalized spacial score (nSPS) is 33.9. The third-order valence-electron chi connectivity index (χ3n) is 16.2. The SMILES string of the molecule is Cc1[c-]c(-c2ccc3c(CC(C)C)cccc3n2)cc(C2CCCCC2)c1.O=P(c1[c-]cccc1)(C12CC3CC(CC(C3)C1)C2)C12CC3CC(CC(C3)C1)C2.[Ir]. The number of aryl methyl sites for hydroxylation is 1. The van der Waals surface area contributed by atoms with Crippen molar-refractivity contribution in [1.29, 1.82) is 0 Å². The van der Waals surface area contributed by atoms with E-state index in [4.69, 9.17) is 4.98 Å². The fourth-order valence-corrected chi connectivity index (χ4v) is 20.7. The minimum Gasteiger partial charge on any atom is -0.320 e. The van der Waals surface area contributed by atoms with Crippen LogP contribution in [0.4, 0.5) is 0 Å². The molecular weight excluding hydrogens is 878 g/mol. The zero-order valence-corrected chi connectivity index (χ0v) is 37.6. The number of pyridine rings is 1. The smallest absolute Gasteiger partial charge is 0.104 e. The molecule has 0 atom stereocenters. The summed E-state index contributed by atoms with van der Waals surface area (Å²) in [4.78, 5) is 5.01. The molecular formula is C52H64IrNOP-2. The van der Waals surface area contributed by atoms with Crippen LogP contribution in [0.3, 0.4) is 0 Å². The first kappa shape index (κ1) is 39.4. The van der Waals surface area contributed by atoms with Crippen molar-refractivity contribution in [3.63, 3.8) is 0 Å². The second kappa shape index (κ2) is 15.5. The van der Waals surface area contributed by atoms with Crippen molar-refractivity contribution in [2.75, 3.05) is 0 Å². The van der Waals surface area contributed by atoms with Crippen molar-refractivity contribution < 1.29 is 24.7 Å². The van der Waals surface area contributed by atoms with E-state index < -0.39 is 7.14 Å². The molecule has 4 aromatic rings. The Morgan fingerprint density at radius 1 is 0.732 bits per heavy atom. The van der Waals surface area contributed by atoms with Crippen LogP contribution in [0.25, 0.3) is 22.2 Å².